The van der Waals surface area contributed by atoms with E-state index in [-0.39, 0.29) is 5.02 Å². The first-order chi connectivity index (χ1) is 10.5. The zero-order valence-corrected chi connectivity index (χ0v) is 13.4. The Morgan fingerprint density at radius 2 is 1.86 bits per heavy atom. The van der Waals surface area contributed by atoms with E-state index in [1.54, 1.807) is 6.07 Å². The van der Waals surface area contributed by atoms with Gasteiger partial charge in [0.05, 0.1) is 10.9 Å². The number of benzene rings is 1. The number of nitrogens with zero attached hydrogens (tertiary/aromatic N) is 1. The summed E-state index contributed by atoms with van der Waals surface area (Å²) in [7, 11) is 0. The summed E-state index contributed by atoms with van der Waals surface area (Å²) in [4.78, 5) is 14.2. The van der Waals surface area contributed by atoms with Gasteiger partial charge in [0.15, 0.2) is 0 Å². The van der Waals surface area contributed by atoms with Gasteiger partial charge in [0, 0.05) is 19.6 Å². The molecule has 1 aromatic carbocycles. The van der Waals surface area contributed by atoms with Crippen molar-refractivity contribution in [2.45, 2.75) is 31.6 Å². The summed E-state index contributed by atoms with van der Waals surface area (Å²) < 4.78 is 13.7. The molecule has 5 heteroatoms. The van der Waals surface area contributed by atoms with Gasteiger partial charge in [-0.1, -0.05) is 17.7 Å². The van der Waals surface area contributed by atoms with E-state index in [2.05, 4.69) is 4.90 Å². The number of amides is 1. The quantitative estimate of drug-likeness (QED) is 0.798. The van der Waals surface area contributed by atoms with Crippen molar-refractivity contribution in [2.75, 3.05) is 19.6 Å². The van der Waals surface area contributed by atoms with Crippen molar-refractivity contribution in [3.8, 4) is 0 Å². The molecule has 0 aromatic heterocycles. The molecule has 0 heterocycles. The average molecular weight is 325 g/mol. The van der Waals surface area contributed by atoms with E-state index < -0.39 is 17.6 Å². The Labute approximate surface area is 135 Å². The van der Waals surface area contributed by atoms with Crippen molar-refractivity contribution in [3.63, 3.8) is 0 Å². The molecule has 3 nitrogen and oxygen atoms in total. The predicted octanol–water partition coefficient (Wildman–Crippen LogP) is 3.17. The molecule has 3 rings (SSSR count). The van der Waals surface area contributed by atoms with Crippen molar-refractivity contribution >= 4 is 17.5 Å². The molecule has 0 spiro atoms. The van der Waals surface area contributed by atoms with E-state index >= 15 is 0 Å². The lowest BCUT2D eigenvalue weighted by Gasteiger charge is -2.26. The number of primary amides is 1. The Morgan fingerprint density at radius 1 is 1.27 bits per heavy atom. The first-order valence-electron chi connectivity index (χ1n) is 7.99. The summed E-state index contributed by atoms with van der Waals surface area (Å²) in [5, 5.41) is 0.0692. The third kappa shape index (κ3) is 4.20. The van der Waals surface area contributed by atoms with Gasteiger partial charge >= 0.3 is 0 Å². The van der Waals surface area contributed by atoms with Crippen LogP contribution in [0.5, 0.6) is 0 Å². The molecule has 1 atom stereocenters. The van der Waals surface area contributed by atoms with Crippen LogP contribution < -0.4 is 5.73 Å². The van der Waals surface area contributed by atoms with Gasteiger partial charge in [0.1, 0.15) is 5.82 Å². The number of hydrogen-bond acceptors (Lipinski definition) is 2. The van der Waals surface area contributed by atoms with Crippen LogP contribution in [0.25, 0.3) is 0 Å². The van der Waals surface area contributed by atoms with Crippen molar-refractivity contribution in [2.24, 2.45) is 17.6 Å². The topological polar surface area (TPSA) is 46.3 Å². The second-order valence-electron chi connectivity index (χ2n) is 6.73. The van der Waals surface area contributed by atoms with E-state index in [0.29, 0.717) is 12.1 Å². The minimum atomic E-state index is -0.499. The van der Waals surface area contributed by atoms with Crippen molar-refractivity contribution in [3.05, 3.63) is 34.6 Å². The van der Waals surface area contributed by atoms with Crippen LogP contribution in [0.1, 0.15) is 37.2 Å². The molecule has 1 amide bonds. The Bertz CT molecular complexity index is 544. The fraction of sp³-hybridized carbons (Fsp3) is 0.588. The van der Waals surface area contributed by atoms with Gasteiger partial charge in [-0.3, -0.25) is 4.79 Å². The van der Waals surface area contributed by atoms with Gasteiger partial charge in [-0.2, -0.15) is 0 Å². The minimum absolute atomic E-state index is 0.0692. The Hall–Kier alpha value is -1.13. The van der Waals surface area contributed by atoms with Crippen LogP contribution in [0.4, 0.5) is 4.39 Å². The van der Waals surface area contributed by atoms with Gasteiger partial charge in [-0.05, 0) is 55.2 Å². The molecular weight excluding hydrogens is 303 g/mol. The highest BCUT2D eigenvalue weighted by atomic mass is 35.5. The molecule has 2 fully saturated rings. The highest BCUT2D eigenvalue weighted by Gasteiger charge is 2.31. The summed E-state index contributed by atoms with van der Waals surface area (Å²) in [5.74, 6) is 0.132. The highest BCUT2D eigenvalue weighted by Crippen LogP contribution is 2.34. The van der Waals surface area contributed by atoms with E-state index in [4.69, 9.17) is 17.3 Å². The largest absolute Gasteiger partial charge is 0.369 e. The van der Waals surface area contributed by atoms with Gasteiger partial charge in [0.2, 0.25) is 5.91 Å². The summed E-state index contributed by atoms with van der Waals surface area (Å²) in [6.45, 7) is 2.62. The lowest BCUT2D eigenvalue weighted by atomic mass is 9.97. The molecule has 2 aliphatic carbocycles. The van der Waals surface area contributed by atoms with Crippen LogP contribution in [0.15, 0.2) is 18.2 Å². The van der Waals surface area contributed by atoms with Crippen LogP contribution >= 0.6 is 11.6 Å². The van der Waals surface area contributed by atoms with Crippen LogP contribution in [0, 0.1) is 17.7 Å². The molecule has 0 bridgehead atoms. The Balaban J connectivity index is 1.72. The van der Waals surface area contributed by atoms with Gasteiger partial charge in [-0.15, -0.1) is 0 Å². The third-order valence-electron chi connectivity index (χ3n) is 4.56. The second-order valence-corrected chi connectivity index (χ2v) is 7.14. The van der Waals surface area contributed by atoms with Gasteiger partial charge in [0.25, 0.3) is 0 Å². The monoisotopic (exact) mass is 324 g/mol. The molecule has 0 unspecified atom stereocenters. The third-order valence-corrected chi connectivity index (χ3v) is 4.86. The zero-order valence-electron chi connectivity index (χ0n) is 12.6. The van der Waals surface area contributed by atoms with Crippen LogP contribution in [0.3, 0.4) is 0 Å². The van der Waals surface area contributed by atoms with E-state index in [1.165, 1.54) is 37.8 Å². The number of rotatable bonds is 8. The van der Waals surface area contributed by atoms with Crippen LogP contribution in [-0.2, 0) is 4.79 Å². The number of hydrogen-bond donors (Lipinski definition) is 1. The smallest absolute Gasteiger partial charge is 0.226 e. The first kappa shape index (κ1) is 15.8. The van der Waals surface area contributed by atoms with E-state index in [1.807, 2.05) is 0 Å². The number of carbonyl (C=O) groups excluding carboxylic acids is 1. The zero-order chi connectivity index (χ0) is 15.7. The standard InChI is InChI=1S/C17H22ClFN2O/c18-15-6-5-13(7-16(15)19)14(17(20)22)10-21(8-11-1-2-11)9-12-3-4-12/h5-7,11-12,14H,1-4,8-10H2,(H2,20,22)/t14-/m1/s1. The summed E-state index contributed by atoms with van der Waals surface area (Å²) >= 11 is 5.72. The average Bonchev–Trinajstić information content (AvgIpc) is 3.35. The minimum Gasteiger partial charge on any atom is -0.369 e. The highest BCUT2D eigenvalue weighted by molar-refractivity contribution is 6.30. The molecule has 0 aliphatic heterocycles. The molecule has 1 aromatic rings. The molecule has 22 heavy (non-hydrogen) atoms. The molecule has 0 radical (unpaired) electrons. The Kier molecular flexibility index (Phi) is 4.69. The maximum absolute atomic E-state index is 13.7. The summed E-state index contributed by atoms with van der Waals surface area (Å²) in [5.41, 5.74) is 6.19. The fourth-order valence-electron chi connectivity index (χ4n) is 2.90. The molecule has 2 N–H and O–H groups in total. The lowest BCUT2D eigenvalue weighted by molar-refractivity contribution is -0.119. The SMILES string of the molecule is NC(=O)[C@H](CN(CC1CC1)CC1CC1)c1ccc(Cl)c(F)c1. The van der Waals surface area contributed by atoms with Crippen molar-refractivity contribution in [1.29, 1.82) is 0 Å². The van der Waals surface area contributed by atoms with E-state index in [0.717, 1.165) is 24.9 Å². The molecule has 2 saturated carbocycles. The molecule has 0 saturated heterocycles. The second kappa shape index (κ2) is 6.55. The fourth-order valence-corrected chi connectivity index (χ4v) is 3.02. The predicted molar refractivity (Wildman–Crippen MR) is 85.2 cm³/mol. The molecular formula is C17H22ClFN2O. The number of carbonyl (C=O) groups is 1. The first-order valence-corrected chi connectivity index (χ1v) is 8.37. The molecule has 120 valence electrons. The van der Waals surface area contributed by atoms with Gasteiger partial charge < -0.3 is 10.6 Å². The maximum Gasteiger partial charge on any atom is 0.226 e. The number of halogens is 2. The summed E-state index contributed by atoms with van der Waals surface area (Å²) in [6, 6.07) is 4.53. The Morgan fingerprint density at radius 3 is 2.32 bits per heavy atom. The maximum atomic E-state index is 13.7. The molecule has 2 aliphatic rings. The van der Waals surface area contributed by atoms with Crippen molar-refractivity contribution in [1.82, 2.24) is 4.90 Å². The van der Waals surface area contributed by atoms with Crippen LogP contribution in [-0.4, -0.2) is 30.4 Å². The van der Waals surface area contributed by atoms with Crippen molar-refractivity contribution < 1.29 is 9.18 Å². The van der Waals surface area contributed by atoms with Gasteiger partial charge in [-0.25, -0.2) is 4.39 Å². The number of nitrogens with two attached hydrogens (primary N) is 1. The normalized spacial score (nSPS) is 19.4. The lowest BCUT2D eigenvalue weighted by Crippen LogP contribution is -2.37. The van der Waals surface area contributed by atoms with E-state index in [9.17, 15) is 9.18 Å². The summed E-state index contributed by atoms with van der Waals surface area (Å²) in [6.07, 6.45) is 5.10. The van der Waals surface area contributed by atoms with Crippen LogP contribution in [0.2, 0.25) is 5.02 Å².